The smallest absolute Gasteiger partial charge is 0.220 e. The Hall–Kier alpha value is -3.00. The van der Waals surface area contributed by atoms with Crippen molar-refractivity contribution >= 4 is 10.8 Å². The number of pyridine rings is 2. The number of benzene rings is 2. The summed E-state index contributed by atoms with van der Waals surface area (Å²) in [5.74, 6) is 0. The Morgan fingerprint density at radius 3 is 2.71 bits per heavy atom. The summed E-state index contributed by atoms with van der Waals surface area (Å²) in [6.07, 6.45) is 3.84. The summed E-state index contributed by atoms with van der Waals surface area (Å²) in [6, 6.07) is 18.4. The SMILES string of the molecule is [2H]c1c([2H])[n+](C)c(-c2cc(-c3cccnc3)ccc2C)c2ccccc12. The average molecular weight is 313 g/mol. The summed E-state index contributed by atoms with van der Waals surface area (Å²) < 4.78 is 18.5. The molecule has 116 valence electrons. The molecule has 2 aromatic carbocycles. The predicted molar refractivity (Wildman–Crippen MR) is 98.5 cm³/mol. The lowest BCUT2D eigenvalue weighted by atomic mass is 9.95. The van der Waals surface area contributed by atoms with Crippen LogP contribution in [0.15, 0.2) is 79.2 Å². The van der Waals surface area contributed by atoms with Crippen LogP contribution in [0.5, 0.6) is 0 Å². The highest BCUT2D eigenvalue weighted by Crippen LogP contribution is 2.31. The Morgan fingerprint density at radius 1 is 1.00 bits per heavy atom. The number of hydrogen-bond donors (Lipinski definition) is 0. The lowest BCUT2D eigenvalue weighted by Gasteiger charge is -2.10. The van der Waals surface area contributed by atoms with Gasteiger partial charge in [0.2, 0.25) is 5.69 Å². The van der Waals surface area contributed by atoms with Crippen LogP contribution in [0.25, 0.3) is 33.2 Å². The van der Waals surface area contributed by atoms with Gasteiger partial charge in [-0.2, -0.15) is 0 Å². The zero-order valence-corrected chi connectivity index (χ0v) is 13.7. The molecule has 2 nitrogen and oxygen atoms in total. The molecular formula is C22H19N2+. The molecule has 0 amide bonds. The van der Waals surface area contributed by atoms with Gasteiger partial charge in [-0.3, -0.25) is 4.98 Å². The van der Waals surface area contributed by atoms with Crippen molar-refractivity contribution in [1.29, 1.82) is 0 Å². The normalized spacial score (nSPS) is 12.1. The maximum atomic E-state index is 8.37. The van der Waals surface area contributed by atoms with E-state index in [1.807, 2.05) is 49.6 Å². The largest absolute Gasteiger partial charge is 0.264 e. The molecule has 2 heterocycles. The van der Waals surface area contributed by atoms with Crippen molar-refractivity contribution in [3.63, 3.8) is 0 Å². The molecule has 0 fully saturated rings. The third kappa shape index (κ3) is 2.46. The minimum Gasteiger partial charge on any atom is -0.264 e. The van der Waals surface area contributed by atoms with Gasteiger partial charge in [-0.25, -0.2) is 4.57 Å². The van der Waals surface area contributed by atoms with Crippen LogP contribution in [0.1, 0.15) is 8.30 Å². The maximum absolute atomic E-state index is 8.37. The Labute approximate surface area is 144 Å². The number of aryl methyl sites for hydroxylation is 1. The van der Waals surface area contributed by atoms with Crippen LogP contribution in [0.2, 0.25) is 0 Å². The van der Waals surface area contributed by atoms with Crippen molar-refractivity contribution in [1.82, 2.24) is 4.98 Å². The van der Waals surface area contributed by atoms with Gasteiger partial charge in [-0.05, 0) is 41.6 Å². The molecule has 0 aliphatic rings. The van der Waals surface area contributed by atoms with Gasteiger partial charge in [0.05, 0.1) is 12.3 Å². The van der Waals surface area contributed by atoms with Gasteiger partial charge in [0.25, 0.3) is 0 Å². The van der Waals surface area contributed by atoms with E-state index in [1.165, 1.54) is 0 Å². The quantitative estimate of drug-likeness (QED) is 0.490. The summed E-state index contributed by atoms with van der Waals surface area (Å²) in [4.78, 5) is 4.22. The van der Waals surface area contributed by atoms with Crippen molar-refractivity contribution in [2.24, 2.45) is 7.05 Å². The second kappa shape index (κ2) is 5.89. The molecule has 0 saturated carbocycles. The molecular weight excluding hydrogens is 292 g/mol. The van der Waals surface area contributed by atoms with Crippen molar-refractivity contribution in [3.8, 4) is 22.4 Å². The summed E-state index contributed by atoms with van der Waals surface area (Å²) in [6.45, 7) is 2.08. The van der Waals surface area contributed by atoms with E-state index in [2.05, 4.69) is 30.1 Å². The van der Waals surface area contributed by atoms with Gasteiger partial charge in [0.1, 0.15) is 8.42 Å². The Bertz CT molecular complexity index is 1120. The fourth-order valence-electron chi connectivity index (χ4n) is 3.10. The van der Waals surface area contributed by atoms with Gasteiger partial charge in [-0.1, -0.05) is 36.4 Å². The van der Waals surface area contributed by atoms with Gasteiger partial charge in [-0.15, -0.1) is 0 Å². The van der Waals surface area contributed by atoms with E-state index in [0.717, 1.165) is 38.7 Å². The van der Waals surface area contributed by atoms with Gasteiger partial charge >= 0.3 is 0 Å². The van der Waals surface area contributed by atoms with E-state index in [1.54, 1.807) is 10.8 Å². The number of aromatic nitrogens is 2. The first kappa shape index (κ1) is 12.4. The van der Waals surface area contributed by atoms with Crippen molar-refractivity contribution in [2.45, 2.75) is 6.92 Å². The van der Waals surface area contributed by atoms with Crippen LogP contribution in [0.3, 0.4) is 0 Å². The maximum Gasteiger partial charge on any atom is 0.220 e. The van der Waals surface area contributed by atoms with Gasteiger partial charge < -0.3 is 0 Å². The lowest BCUT2D eigenvalue weighted by molar-refractivity contribution is -0.659. The van der Waals surface area contributed by atoms with Crippen molar-refractivity contribution < 1.29 is 7.31 Å². The Morgan fingerprint density at radius 2 is 1.88 bits per heavy atom. The summed E-state index contributed by atoms with van der Waals surface area (Å²) in [7, 11) is 1.86. The van der Waals surface area contributed by atoms with E-state index in [9.17, 15) is 0 Å². The fraction of sp³-hybridized carbons (Fsp3) is 0.0909. The first-order valence-electron chi connectivity index (χ1n) is 8.97. The molecule has 4 aromatic rings. The zero-order chi connectivity index (χ0) is 18.3. The molecule has 2 aromatic heterocycles. The molecule has 0 saturated heterocycles. The van der Waals surface area contributed by atoms with Crippen LogP contribution in [-0.2, 0) is 7.05 Å². The van der Waals surface area contributed by atoms with Crippen LogP contribution in [0, 0.1) is 6.92 Å². The van der Waals surface area contributed by atoms with E-state index in [4.69, 9.17) is 2.74 Å². The van der Waals surface area contributed by atoms with Gasteiger partial charge in [0, 0.05) is 24.0 Å². The van der Waals surface area contributed by atoms with Crippen molar-refractivity contribution in [2.75, 3.05) is 0 Å². The molecule has 0 bridgehead atoms. The highest BCUT2D eigenvalue weighted by Gasteiger charge is 2.17. The third-order valence-electron chi connectivity index (χ3n) is 4.36. The van der Waals surface area contributed by atoms with E-state index >= 15 is 0 Å². The average Bonchev–Trinajstić information content (AvgIpc) is 2.68. The minimum atomic E-state index is 0.213. The van der Waals surface area contributed by atoms with E-state index in [0.29, 0.717) is 0 Å². The predicted octanol–water partition coefficient (Wildman–Crippen LogP) is 4.70. The minimum absolute atomic E-state index is 0.213. The monoisotopic (exact) mass is 313 g/mol. The van der Waals surface area contributed by atoms with Crippen LogP contribution >= 0.6 is 0 Å². The lowest BCUT2D eigenvalue weighted by Crippen LogP contribution is -2.30. The van der Waals surface area contributed by atoms with Crippen molar-refractivity contribution in [3.05, 3.63) is 84.8 Å². The molecule has 24 heavy (non-hydrogen) atoms. The van der Waals surface area contributed by atoms with Crippen LogP contribution in [-0.4, -0.2) is 4.98 Å². The molecule has 0 N–H and O–H groups in total. The van der Waals surface area contributed by atoms with Crippen LogP contribution < -0.4 is 4.57 Å². The number of nitrogens with zero attached hydrogens (tertiary/aromatic N) is 2. The second-order valence-electron chi connectivity index (χ2n) is 5.96. The topological polar surface area (TPSA) is 16.8 Å². The molecule has 4 rings (SSSR count). The third-order valence-corrected chi connectivity index (χ3v) is 4.36. The first-order chi connectivity index (χ1) is 12.6. The van der Waals surface area contributed by atoms with Gasteiger partial charge in [0.15, 0.2) is 6.17 Å². The molecule has 0 aliphatic heterocycles. The highest BCUT2D eigenvalue weighted by atomic mass is 14.9. The molecule has 0 unspecified atom stereocenters. The summed E-state index contributed by atoms with van der Waals surface area (Å²) >= 11 is 0. The highest BCUT2D eigenvalue weighted by molar-refractivity contribution is 5.94. The molecule has 2 heteroatoms. The van der Waals surface area contributed by atoms with E-state index < -0.39 is 0 Å². The fourth-order valence-corrected chi connectivity index (χ4v) is 3.10. The first-order valence-corrected chi connectivity index (χ1v) is 7.97. The standard InChI is InChI=1S/C22H19N2/c1-16-9-10-18(19-7-5-12-23-15-19)14-21(16)22-20-8-4-3-6-17(20)11-13-24(22)2/h3-15H,1-2H3/q+1/i11D,13D. The summed E-state index contributed by atoms with van der Waals surface area (Å²) in [5.41, 5.74) is 5.31. The number of rotatable bonds is 2. The molecule has 0 radical (unpaired) electrons. The summed E-state index contributed by atoms with van der Waals surface area (Å²) in [5, 5.41) is 1.79. The Balaban J connectivity index is 2.05. The van der Waals surface area contributed by atoms with Crippen LogP contribution in [0.4, 0.5) is 0 Å². The second-order valence-corrected chi connectivity index (χ2v) is 5.96. The molecule has 0 spiro atoms. The molecule has 0 aliphatic carbocycles. The Kier molecular flexibility index (Phi) is 3.05. The number of hydrogen-bond acceptors (Lipinski definition) is 1. The zero-order valence-electron chi connectivity index (χ0n) is 15.7. The molecule has 0 atom stereocenters. The van der Waals surface area contributed by atoms with E-state index in [-0.39, 0.29) is 12.2 Å². The number of fused-ring (bicyclic) bond motifs is 1.